The Labute approximate surface area is 107 Å². The van der Waals surface area contributed by atoms with Gasteiger partial charge in [-0.2, -0.15) is 0 Å². The van der Waals surface area contributed by atoms with Gasteiger partial charge in [0.05, 0.1) is 27.2 Å². The van der Waals surface area contributed by atoms with Gasteiger partial charge >= 0.3 is 5.97 Å². The Hall–Kier alpha value is -1.75. The van der Waals surface area contributed by atoms with Crippen molar-refractivity contribution in [2.45, 2.75) is 19.4 Å². The summed E-state index contributed by atoms with van der Waals surface area (Å²) in [7, 11) is 2.90. The molecule has 0 saturated heterocycles. The maximum atomic E-state index is 11.2. The first-order valence-corrected chi connectivity index (χ1v) is 5.75. The number of methoxy groups -OCH3 is 2. The van der Waals surface area contributed by atoms with Gasteiger partial charge in [-0.3, -0.25) is 4.79 Å². The Morgan fingerprint density at radius 2 is 2.06 bits per heavy atom. The maximum absolute atomic E-state index is 11.2. The van der Waals surface area contributed by atoms with Crippen molar-refractivity contribution in [1.82, 2.24) is 0 Å². The van der Waals surface area contributed by atoms with Crippen LogP contribution in [0.1, 0.15) is 24.9 Å². The molecular formula is C13H19NO4. The second-order valence-corrected chi connectivity index (χ2v) is 3.73. The summed E-state index contributed by atoms with van der Waals surface area (Å²) in [5, 5.41) is 0. The molecule has 0 aliphatic carbocycles. The minimum Gasteiger partial charge on any atom is -0.493 e. The molecule has 0 fully saturated rings. The first-order chi connectivity index (χ1) is 8.62. The van der Waals surface area contributed by atoms with Gasteiger partial charge in [0.1, 0.15) is 0 Å². The van der Waals surface area contributed by atoms with Crippen LogP contribution in [0.15, 0.2) is 18.2 Å². The standard InChI is InChI=1S/C13H19NO4/c1-4-18-11-6-5-9(7-12(11)16-2)10(14)8-13(15)17-3/h5-7,10H,4,8,14H2,1-3H3/t10-/m1/s1. The fourth-order valence-corrected chi connectivity index (χ4v) is 1.57. The first kappa shape index (κ1) is 14.3. The molecule has 0 aliphatic rings. The lowest BCUT2D eigenvalue weighted by Crippen LogP contribution is -2.16. The summed E-state index contributed by atoms with van der Waals surface area (Å²) in [4.78, 5) is 11.2. The van der Waals surface area contributed by atoms with E-state index in [1.54, 1.807) is 19.2 Å². The number of esters is 1. The molecule has 0 aliphatic heterocycles. The lowest BCUT2D eigenvalue weighted by atomic mass is 10.0. The van der Waals surface area contributed by atoms with Crippen LogP contribution in [-0.2, 0) is 9.53 Å². The Morgan fingerprint density at radius 1 is 1.33 bits per heavy atom. The average molecular weight is 253 g/mol. The van der Waals surface area contributed by atoms with Crippen LogP contribution in [0.3, 0.4) is 0 Å². The van der Waals surface area contributed by atoms with Crippen LogP contribution < -0.4 is 15.2 Å². The van der Waals surface area contributed by atoms with Crippen molar-refractivity contribution in [3.8, 4) is 11.5 Å². The second-order valence-electron chi connectivity index (χ2n) is 3.73. The molecule has 0 spiro atoms. The van der Waals surface area contributed by atoms with E-state index in [0.717, 1.165) is 5.56 Å². The zero-order valence-electron chi connectivity index (χ0n) is 10.9. The second kappa shape index (κ2) is 6.86. The average Bonchev–Trinajstić information content (AvgIpc) is 2.39. The Morgan fingerprint density at radius 3 is 2.61 bits per heavy atom. The largest absolute Gasteiger partial charge is 0.493 e. The molecule has 18 heavy (non-hydrogen) atoms. The van der Waals surface area contributed by atoms with Gasteiger partial charge in [0.2, 0.25) is 0 Å². The van der Waals surface area contributed by atoms with Crippen LogP contribution in [-0.4, -0.2) is 26.8 Å². The third kappa shape index (κ3) is 3.63. The summed E-state index contributed by atoms with van der Waals surface area (Å²) in [6, 6.07) is 4.97. The van der Waals surface area contributed by atoms with Crippen molar-refractivity contribution in [2.24, 2.45) is 5.73 Å². The molecule has 1 atom stereocenters. The van der Waals surface area contributed by atoms with Gasteiger partial charge < -0.3 is 19.9 Å². The monoisotopic (exact) mass is 253 g/mol. The van der Waals surface area contributed by atoms with E-state index < -0.39 is 6.04 Å². The van der Waals surface area contributed by atoms with Gasteiger partial charge in [-0.05, 0) is 24.6 Å². The van der Waals surface area contributed by atoms with Gasteiger partial charge in [0, 0.05) is 6.04 Å². The van der Waals surface area contributed by atoms with Crippen molar-refractivity contribution in [1.29, 1.82) is 0 Å². The quantitative estimate of drug-likeness (QED) is 0.781. The van der Waals surface area contributed by atoms with Crippen molar-refractivity contribution in [3.05, 3.63) is 23.8 Å². The highest BCUT2D eigenvalue weighted by atomic mass is 16.5. The topological polar surface area (TPSA) is 70.8 Å². The molecule has 1 rings (SSSR count). The fraction of sp³-hybridized carbons (Fsp3) is 0.462. The van der Waals surface area contributed by atoms with Crippen molar-refractivity contribution in [2.75, 3.05) is 20.8 Å². The zero-order chi connectivity index (χ0) is 13.5. The van der Waals surface area contributed by atoms with Crippen molar-refractivity contribution < 1.29 is 19.0 Å². The van der Waals surface area contributed by atoms with E-state index >= 15 is 0 Å². The van der Waals surface area contributed by atoms with Crippen LogP contribution in [0.2, 0.25) is 0 Å². The molecule has 0 aromatic heterocycles. The lowest BCUT2D eigenvalue weighted by molar-refractivity contribution is -0.141. The number of hydrogen-bond donors (Lipinski definition) is 1. The minimum absolute atomic E-state index is 0.133. The fourth-order valence-electron chi connectivity index (χ4n) is 1.57. The highest BCUT2D eigenvalue weighted by Crippen LogP contribution is 2.30. The predicted molar refractivity (Wildman–Crippen MR) is 67.7 cm³/mol. The maximum Gasteiger partial charge on any atom is 0.307 e. The van der Waals surface area contributed by atoms with Gasteiger partial charge in [0.25, 0.3) is 0 Å². The molecule has 0 unspecified atom stereocenters. The molecule has 0 bridgehead atoms. The molecule has 1 aromatic rings. The molecule has 5 nitrogen and oxygen atoms in total. The van der Waals surface area contributed by atoms with Crippen molar-refractivity contribution in [3.63, 3.8) is 0 Å². The molecule has 1 aromatic carbocycles. The molecule has 0 saturated carbocycles. The molecule has 2 N–H and O–H groups in total. The Balaban J connectivity index is 2.87. The number of rotatable bonds is 6. The van der Waals surface area contributed by atoms with Gasteiger partial charge in [-0.1, -0.05) is 6.07 Å². The van der Waals surface area contributed by atoms with Crippen LogP contribution in [0.4, 0.5) is 0 Å². The van der Waals surface area contributed by atoms with Crippen LogP contribution in [0.5, 0.6) is 11.5 Å². The molecule has 100 valence electrons. The van der Waals surface area contributed by atoms with E-state index in [2.05, 4.69) is 4.74 Å². The van der Waals surface area contributed by atoms with E-state index in [4.69, 9.17) is 15.2 Å². The SMILES string of the molecule is CCOc1ccc([C@H](N)CC(=O)OC)cc1OC. The highest BCUT2D eigenvalue weighted by Gasteiger charge is 2.14. The summed E-state index contributed by atoms with van der Waals surface area (Å²) >= 11 is 0. The number of hydrogen-bond acceptors (Lipinski definition) is 5. The highest BCUT2D eigenvalue weighted by molar-refractivity contribution is 5.70. The molecular weight excluding hydrogens is 234 g/mol. The molecule has 5 heteroatoms. The predicted octanol–water partition coefficient (Wildman–Crippen LogP) is 1.66. The molecule has 0 radical (unpaired) electrons. The van der Waals surface area contributed by atoms with E-state index in [0.29, 0.717) is 18.1 Å². The van der Waals surface area contributed by atoms with Gasteiger partial charge in [0.15, 0.2) is 11.5 Å². The van der Waals surface area contributed by atoms with Gasteiger partial charge in [-0.25, -0.2) is 0 Å². The summed E-state index contributed by atoms with van der Waals surface area (Å²) < 4.78 is 15.2. The van der Waals surface area contributed by atoms with Crippen LogP contribution in [0.25, 0.3) is 0 Å². The zero-order valence-corrected chi connectivity index (χ0v) is 10.9. The van der Waals surface area contributed by atoms with E-state index in [-0.39, 0.29) is 12.4 Å². The van der Waals surface area contributed by atoms with Crippen LogP contribution in [0, 0.1) is 0 Å². The smallest absolute Gasteiger partial charge is 0.307 e. The minimum atomic E-state index is -0.415. The Bertz CT molecular complexity index is 406. The first-order valence-electron chi connectivity index (χ1n) is 5.75. The molecule has 0 amide bonds. The summed E-state index contributed by atoms with van der Waals surface area (Å²) in [6.07, 6.45) is 0.133. The number of nitrogens with two attached hydrogens (primary N) is 1. The Kier molecular flexibility index (Phi) is 5.45. The lowest BCUT2D eigenvalue weighted by Gasteiger charge is -2.14. The number of ether oxygens (including phenoxy) is 3. The number of carbonyl (C=O) groups excluding carboxylic acids is 1. The van der Waals surface area contributed by atoms with E-state index in [1.165, 1.54) is 7.11 Å². The summed E-state index contributed by atoms with van der Waals surface area (Å²) in [5.41, 5.74) is 6.73. The van der Waals surface area contributed by atoms with Gasteiger partial charge in [-0.15, -0.1) is 0 Å². The summed E-state index contributed by atoms with van der Waals surface area (Å²) in [5.74, 6) is 0.930. The van der Waals surface area contributed by atoms with Crippen LogP contribution >= 0.6 is 0 Å². The molecule has 0 heterocycles. The number of carbonyl (C=O) groups is 1. The van der Waals surface area contributed by atoms with Crippen molar-refractivity contribution >= 4 is 5.97 Å². The van der Waals surface area contributed by atoms with E-state index in [9.17, 15) is 4.79 Å². The summed E-state index contributed by atoms with van der Waals surface area (Å²) in [6.45, 7) is 2.46. The number of benzene rings is 1. The van der Waals surface area contributed by atoms with E-state index in [1.807, 2.05) is 13.0 Å². The third-order valence-corrected chi connectivity index (χ3v) is 2.53. The third-order valence-electron chi connectivity index (χ3n) is 2.53. The normalized spacial score (nSPS) is 11.8.